The van der Waals surface area contributed by atoms with Gasteiger partial charge in [0.05, 0.1) is 6.61 Å². The normalized spacial score (nSPS) is 23.7. The molecule has 6 atom stereocenters. The predicted molar refractivity (Wildman–Crippen MR) is 182 cm³/mol. The van der Waals surface area contributed by atoms with Crippen molar-refractivity contribution >= 4 is 47.8 Å². The van der Waals surface area contributed by atoms with Gasteiger partial charge in [-0.05, 0) is 6.07 Å². The van der Waals surface area contributed by atoms with Crippen molar-refractivity contribution < 1.29 is 56.3 Å². The van der Waals surface area contributed by atoms with E-state index >= 15 is 8.78 Å². The van der Waals surface area contributed by atoms with Crippen molar-refractivity contribution in [1.29, 1.82) is 0 Å². The molecule has 6 rings (SSSR count). The first kappa shape index (κ1) is 41.9. The molecule has 22 heteroatoms. The summed E-state index contributed by atoms with van der Waals surface area (Å²) in [6.45, 7) is -1.42. The standard InChI is InChI=1S/C17H14F2N3O6.C9H11F2N3O4.C6H5.Bi.H3N.H/c18-17(19)13(27-9-23)11(8-26-14(24)10-4-2-1-3-5-10)28-15(17)22-7-6-12(20)21-16(22)25;10-9(11)6(16)4(3-15)18-7(9)14-2-1-5(12)13-8(14)17;1-2-4-6-5-3-1;;;/h1-7,11,13,15H,8H2,(H2,20,21,25);1-2,4,6-7,15-16H,3H2,(H2,12,13,17);1-5H;;1H3;/t11-,13?,15-;4-,6?,7-;;;;/m11..../s1. The minimum absolute atomic E-state index is 0. The molecule has 290 valence electrons. The van der Waals surface area contributed by atoms with Gasteiger partial charge in [-0.3, -0.25) is 4.57 Å². The van der Waals surface area contributed by atoms with Crippen LogP contribution < -0.4 is 32.3 Å². The van der Waals surface area contributed by atoms with Crippen molar-refractivity contribution in [2.24, 2.45) is 0 Å². The van der Waals surface area contributed by atoms with Crippen molar-refractivity contribution in [2.45, 2.75) is 48.7 Å². The topological polar surface area (TPSA) is 268 Å². The molecule has 0 aliphatic carbocycles. The van der Waals surface area contributed by atoms with Crippen molar-refractivity contribution in [3.63, 3.8) is 0 Å². The Morgan fingerprint density at radius 1 is 0.815 bits per heavy atom. The molecule has 2 saturated heterocycles. The van der Waals surface area contributed by atoms with Crippen LogP contribution in [0.2, 0.25) is 0 Å². The minimum atomic E-state index is -3.83. The Kier molecular flexibility index (Phi) is 13.6. The van der Waals surface area contributed by atoms with Gasteiger partial charge in [-0.2, -0.15) is 13.8 Å². The predicted octanol–water partition coefficient (Wildman–Crippen LogP) is 0.356. The molecular weight excluding hydrogens is 927 g/mol. The van der Waals surface area contributed by atoms with Crippen molar-refractivity contribution in [1.82, 2.24) is 25.3 Å². The second-order valence-corrected chi connectivity index (χ2v) is 16.2. The number of nitrogen functional groups attached to an aromatic ring is 2. The van der Waals surface area contributed by atoms with E-state index < -0.39 is 106 Å². The summed E-state index contributed by atoms with van der Waals surface area (Å²) in [5.41, 5.74) is 8.80. The molecule has 4 aromatic rings. The van der Waals surface area contributed by atoms with E-state index in [-0.39, 0.29) is 23.3 Å². The van der Waals surface area contributed by atoms with Crippen LogP contribution in [0, 0.1) is 0 Å². The Labute approximate surface area is 313 Å². The van der Waals surface area contributed by atoms with E-state index in [0.29, 0.717) is 9.13 Å². The first-order valence-electron chi connectivity index (χ1n) is 15.4. The second kappa shape index (κ2) is 17.5. The van der Waals surface area contributed by atoms with E-state index in [4.69, 9.17) is 35.5 Å². The van der Waals surface area contributed by atoms with E-state index in [2.05, 4.69) is 9.97 Å². The van der Waals surface area contributed by atoms with Crippen LogP contribution in [0.1, 0.15) is 22.8 Å². The van der Waals surface area contributed by atoms with E-state index in [1.807, 2.05) is 0 Å². The van der Waals surface area contributed by atoms with Gasteiger partial charge in [0.2, 0.25) is 6.23 Å². The number of carbonyl (C=O) groups excluding carboxylic acids is 2. The van der Waals surface area contributed by atoms with E-state index in [1.54, 1.807) is 48.5 Å². The number of hydrogen-bond donors (Lipinski definition) is 5. The van der Waals surface area contributed by atoms with Gasteiger partial charge in [0.25, 0.3) is 0 Å². The number of aliphatic hydroxyl groups excluding tert-OH is 2. The number of esters is 1. The molecule has 0 spiro atoms. The fraction of sp³-hybridized carbons (Fsp3) is 0.312. The molecule has 0 amide bonds. The van der Waals surface area contributed by atoms with Gasteiger partial charge in [0, 0.05) is 6.20 Å². The maximum atomic E-state index is 15.5. The zero-order valence-electron chi connectivity index (χ0n) is 27.8. The van der Waals surface area contributed by atoms with Gasteiger partial charge in [-0.1, -0.05) is 0 Å². The molecular formula is C32H34BiF4N7O10. The number of benzene rings is 2. The quantitative estimate of drug-likeness (QED) is 0.0861. The van der Waals surface area contributed by atoms with Gasteiger partial charge >= 0.3 is 221 Å². The number of nitrogens with zero attached hydrogens (tertiary/aromatic N) is 4. The van der Waals surface area contributed by atoms with E-state index in [1.165, 1.54) is 12.1 Å². The molecule has 2 aliphatic rings. The first-order chi connectivity index (χ1) is 25.1. The number of nitrogens with two attached hydrogens (primary N) is 2. The van der Waals surface area contributed by atoms with Crippen LogP contribution in [-0.2, 0) is 18.9 Å². The number of alkyl halides is 4. The van der Waals surface area contributed by atoms with Gasteiger partial charge < -0.3 is 26.8 Å². The molecule has 2 fully saturated rings. The molecule has 0 saturated carbocycles. The number of hydrogen-bond acceptors (Lipinski definition) is 15. The number of anilines is 2. The zero-order valence-corrected chi connectivity index (χ0v) is 31.7. The van der Waals surface area contributed by atoms with Crippen molar-refractivity contribution in [3.8, 4) is 0 Å². The molecule has 0 radical (unpaired) electrons. The average Bonchev–Trinajstić information content (AvgIpc) is 3.50. The number of carbonyl (C=O) groups is 2. The average molecular weight is 962 g/mol. The molecule has 9 N–H and O–H groups in total. The molecule has 17 nitrogen and oxygen atoms in total. The SMILES string of the molecule is N.Nc1ccn([C@@H]2O[C@H](CO)C(O)C2(F)F)c(=O)n1.Nc1ccn([C@@H]2O[C@H](COC(=O)c3ccccc3)C(O[C](=O)[BiH][c]3ccccc3)C2(F)F)c(=O)n1. The Morgan fingerprint density at radius 3 is 1.81 bits per heavy atom. The van der Waals surface area contributed by atoms with Crippen LogP contribution in [0.25, 0.3) is 0 Å². The van der Waals surface area contributed by atoms with Crippen LogP contribution in [0.5, 0.6) is 0 Å². The van der Waals surface area contributed by atoms with Gasteiger partial charge in [0.15, 0.2) is 6.10 Å². The van der Waals surface area contributed by atoms with Gasteiger partial charge in [-0.25, -0.2) is 4.79 Å². The third kappa shape index (κ3) is 9.25. The molecule has 2 aliphatic heterocycles. The third-order valence-corrected chi connectivity index (χ3v) is 11.4. The fourth-order valence-electron chi connectivity index (χ4n) is 5.17. The maximum absolute atomic E-state index is 15.5. The Balaban J connectivity index is 0.000000288. The summed E-state index contributed by atoms with van der Waals surface area (Å²) < 4.78 is 80.1. The summed E-state index contributed by atoms with van der Waals surface area (Å²) in [6, 6.07) is 19.0. The Morgan fingerprint density at radius 2 is 1.31 bits per heavy atom. The summed E-state index contributed by atoms with van der Waals surface area (Å²) in [5.74, 6) is -8.58. The molecule has 2 aromatic heterocycles. The molecule has 2 aromatic carbocycles. The van der Waals surface area contributed by atoms with Crippen LogP contribution in [0.3, 0.4) is 0 Å². The summed E-state index contributed by atoms with van der Waals surface area (Å²) in [4.78, 5) is 55.3. The van der Waals surface area contributed by atoms with Gasteiger partial charge in [-0.15, -0.1) is 0 Å². The van der Waals surface area contributed by atoms with Crippen LogP contribution in [0.15, 0.2) is 94.8 Å². The number of aromatic nitrogens is 4. The number of halogens is 4. The Hall–Kier alpha value is -4.86. The van der Waals surface area contributed by atoms with Crippen LogP contribution in [-0.4, -0.2) is 112 Å². The fourth-order valence-corrected chi connectivity index (χ4v) is 8.21. The monoisotopic (exact) mass is 961 g/mol. The molecule has 2 unspecified atom stereocenters. The van der Waals surface area contributed by atoms with Crippen LogP contribution >= 0.6 is 0 Å². The second-order valence-electron chi connectivity index (χ2n) is 11.4. The van der Waals surface area contributed by atoms with Crippen molar-refractivity contribution in [3.05, 3.63) is 112 Å². The summed E-state index contributed by atoms with van der Waals surface area (Å²) in [7, 11) is 0. The van der Waals surface area contributed by atoms with Gasteiger partial charge in [0.1, 0.15) is 11.9 Å². The van der Waals surface area contributed by atoms with Crippen LogP contribution in [0.4, 0.5) is 34.0 Å². The molecule has 4 heterocycles. The third-order valence-electron chi connectivity index (χ3n) is 7.76. The first-order valence-corrected chi connectivity index (χ1v) is 19.3. The number of ether oxygens (including phenoxy) is 4. The molecule has 0 bridgehead atoms. The molecule has 54 heavy (non-hydrogen) atoms. The summed E-state index contributed by atoms with van der Waals surface area (Å²) in [6.07, 6.45) is -9.44. The number of aliphatic hydroxyl groups is 2. The summed E-state index contributed by atoms with van der Waals surface area (Å²) in [5, 5.41) is 18.1. The van der Waals surface area contributed by atoms with E-state index in [0.717, 1.165) is 27.8 Å². The van der Waals surface area contributed by atoms with Crippen molar-refractivity contribution in [2.75, 3.05) is 24.7 Å². The number of rotatable bonds is 9. The Bertz CT molecular complexity index is 2030. The van der Waals surface area contributed by atoms with E-state index in [9.17, 15) is 33.1 Å². The summed E-state index contributed by atoms with van der Waals surface area (Å²) >= 11 is -2.29. The zero-order chi connectivity index (χ0) is 38.5.